The van der Waals surface area contributed by atoms with Crippen LogP contribution in [0.25, 0.3) is 10.9 Å². The zero-order valence-electron chi connectivity index (χ0n) is 21.7. The Bertz CT molecular complexity index is 1290. The number of carbonyl (C=O) groups excluding carboxylic acids is 1. The summed E-state index contributed by atoms with van der Waals surface area (Å²) in [5.74, 6) is 1.35. The largest absolute Gasteiger partial charge is 0.362 e. The minimum absolute atomic E-state index is 0.0613. The van der Waals surface area contributed by atoms with Gasteiger partial charge in [0.05, 0.1) is 20.3 Å². The molecule has 12 heteroatoms. The SMILES string of the molecule is CSC1SC(C(=O)N[C@H]2CC[C@@H](Nc3nc(N(C)C)c4ccccc4n3)CC2)=C(I)C1S(=O)(=O)C(C)C. The summed E-state index contributed by atoms with van der Waals surface area (Å²) in [6.45, 7) is 3.41. The van der Waals surface area contributed by atoms with Crippen molar-refractivity contribution in [1.82, 2.24) is 15.3 Å². The van der Waals surface area contributed by atoms with Crippen LogP contribution in [0.2, 0.25) is 0 Å². The van der Waals surface area contributed by atoms with Crippen molar-refractivity contribution in [2.45, 2.75) is 66.7 Å². The quantitative estimate of drug-likeness (QED) is 0.382. The van der Waals surface area contributed by atoms with Gasteiger partial charge in [-0.3, -0.25) is 4.79 Å². The lowest BCUT2D eigenvalue weighted by molar-refractivity contribution is -0.117. The molecule has 2 unspecified atom stereocenters. The van der Waals surface area contributed by atoms with E-state index in [1.54, 1.807) is 13.8 Å². The molecule has 8 nitrogen and oxygen atoms in total. The number of carbonyl (C=O) groups is 1. The lowest BCUT2D eigenvalue weighted by Crippen LogP contribution is -2.40. The van der Waals surface area contributed by atoms with E-state index in [9.17, 15) is 13.2 Å². The van der Waals surface area contributed by atoms with Gasteiger partial charge in [-0.1, -0.05) is 12.1 Å². The molecule has 1 fully saturated rings. The molecule has 2 heterocycles. The molecule has 0 spiro atoms. The van der Waals surface area contributed by atoms with E-state index in [1.807, 2.05) is 49.5 Å². The molecule has 2 atom stereocenters. The minimum atomic E-state index is -3.36. The highest BCUT2D eigenvalue weighted by Gasteiger charge is 2.46. The molecule has 1 saturated carbocycles. The molecule has 1 aliphatic carbocycles. The third-order valence-electron chi connectivity index (χ3n) is 6.80. The van der Waals surface area contributed by atoms with Gasteiger partial charge >= 0.3 is 0 Å². The van der Waals surface area contributed by atoms with E-state index in [2.05, 4.69) is 33.2 Å². The maximum atomic E-state index is 13.2. The van der Waals surface area contributed by atoms with Gasteiger partial charge in [-0.05, 0) is 80.5 Å². The van der Waals surface area contributed by atoms with Crippen LogP contribution in [0.5, 0.6) is 0 Å². The zero-order valence-corrected chi connectivity index (χ0v) is 26.3. The van der Waals surface area contributed by atoms with Crippen LogP contribution < -0.4 is 15.5 Å². The number of hydrogen-bond donors (Lipinski definition) is 2. The van der Waals surface area contributed by atoms with E-state index in [0.717, 1.165) is 42.4 Å². The third-order valence-corrected chi connectivity index (χ3v) is 14.4. The van der Waals surface area contributed by atoms with Crippen molar-refractivity contribution in [3.63, 3.8) is 0 Å². The van der Waals surface area contributed by atoms with Gasteiger partial charge in [0, 0.05) is 35.1 Å². The Balaban J connectivity index is 1.39. The fourth-order valence-electron chi connectivity index (χ4n) is 4.69. The number of amides is 1. The first-order valence-corrected chi connectivity index (χ1v) is 17.2. The van der Waals surface area contributed by atoms with E-state index < -0.39 is 20.3 Å². The number of para-hydroxylation sites is 1. The lowest BCUT2D eigenvalue weighted by atomic mass is 9.91. The second-order valence-corrected chi connectivity index (χ2v) is 16.1. The number of nitrogens with one attached hydrogen (secondary N) is 2. The molecule has 1 aliphatic heterocycles. The van der Waals surface area contributed by atoms with Gasteiger partial charge in [-0.2, -0.15) is 4.98 Å². The molecule has 0 bridgehead atoms. The highest BCUT2D eigenvalue weighted by atomic mass is 127. The summed E-state index contributed by atoms with van der Waals surface area (Å²) in [7, 11) is 0.603. The van der Waals surface area contributed by atoms with Gasteiger partial charge in [0.25, 0.3) is 5.91 Å². The molecule has 2 aromatic rings. The van der Waals surface area contributed by atoms with Crippen molar-refractivity contribution in [2.24, 2.45) is 0 Å². The monoisotopic (exact) mass is 675 g/mol. The number of rotatable bonds is 8. The summed E-state index contributed by atoms with van der Waals surface area (Å²) in [6.07, 6.45) is 5.36. The fourth-order valence-corrected chi connectivity index (χ4v) is 12.0. The summed E-state index contributed by atoms with van der Waals surface area (Å²) < 4.78 is 26.4. The van der Waals surface area contributed by atoms with Crippen LogP contribution in [0.4, 0.5) is 11.8 Å². The van der Waals surface area contributed by atoms with Crippen molar-refractivity contribution in [3.8, 4) is 0 Å². The first kappa shape index (κ1) is 28.8. The first-order chi connectivity index (χ1) is 17.5. The van der Waals surface area contributed by atoms with Gasteiger partial charge < -0.3 is 15.5 Å². The highest BCUT2D eigenvalue weighted by molar-refractivity contribution is 14.1. The Morgan fingerprint density at radius 2 is 1.78 bits per heavy atom. The topological polar surface area (TPSA) is 104 Å². The molecular weight excluding hydrogens is 641 g/mol. The fraction of sp³-hybridized carbons (Fsp3) is 0.560. The molecule has 2 aliphatic rings. The molecule has 1 aromatic heterocycles. The summed E-state index contributed by atoms with van der Waals surface area (Å²) in [4.78, 5) is 25.2. The summed E-state index contributed by atoms with van der Waals surface area (Å²) in [6, 6.07) is 8.29. The molecule has 37 heavy (non-hydrogen) atoms. The van der Waals surface area contributed by atoms with E-state index in [4.69, 9.17) is 9.97 Å². The van der Waals surface area contributed by atoms with Crippen LogP contribution >= 0.6 is 46.1 Å². The third kappa shape index (κ3) is 6.17. The predicted molar refractivity (Wildman–Crippen MR) is 165 cm³/mol. The Hall–Kier alpha value is -1.25. The zero-order chi connectivity index (χ0) is 26.9. The van der Waals surface area contributed by atoms with Crippen LogP contribution in [0.1, 0.15) is 39.5 Å². The number of thioether (sulfide) groups is 2. The van der Waals surface area contributed by atoms with Gasteiger partial charge in [-0.15, -0.1) is 23.5 Å². The number of benzene rings is 1. The number of sulfone groups is 1. The number of halogens is 1. The van der Waals surface area contributed by atoms with Crippen LogP contribution in [0, 0.1) is 0 Å². The molecule has 4 rings (SSSR count). The summed E-state index contributed by atoms with van der Waals surface area (Å²) in [5, 5.41) is 6.58. The normalized spacial score (nSPS) is 24.5. The predicted octanol–water partition coefficient (Wildman–Crippen LogP) is 4.81. The molecule has 0 saturated heterocycles. The second-order valence-electron chi connectivity index (χ2n) is 9.91. The molecule has 1 amide bonds. The summed E-state index contributed by atoms with van der Waals surface area (Å²) in [5.41, 5.74) is 0.905. The van der Waals surface area contributed by atoms with Gasteiger partial charge in [0.1, 0.15) is 11.1 Å². The van der Waals surface area contributed by atoms with Crippen LogP contribution in [0.3, 0.4) is 0 Å². The number of hydrogen-bond acceptors (Lipinski definition) is 9. The maximum Gasteiger partial charge on any atom is 0.258 e. The van der Waals surface area contributed by atoms with Crippen molar-refractivity contribution in [1.29, 1.82) is 0 Å². The summed E-state index contributed by atoms with van der Waals surface area (Å²) >= 11 is 4.95. The average molecular weight is 676 g/mol. The maximum absolute atomic E-state index is 13.2. The first-order valence-electron chi connectivity index (χ1n) is 12.4. The number of fused-ring (bicyclic) bond motifs is 1. The molecular formula is C25H34IN5O3S3. The van der Waals surface area contributed by atoms with Gasteiger partial charge in [0.2, 0.25) is 5.95 Å². The lowest BCUT2D eigenvalue weighted by Gasteiger charge is -2.30. The highest BCUT2D eigenvalue weighted by Crippen LogP contribution is 2.49. The average Bonchev–Trinajstić information content (AvgIpc) is 3.21. The minimum Gasteiger partial charge on any atom is -0.362 e. The van der Waals surface area contributed by atoms with Crippen molar-refractivity contribution in [2.75, 3.05) is 30.6 Å². The number of aromatic nitrogens is 2. The van der Waals surface area contributed by atoms with Crippen molar-refractivity contribution < 1.29 is 13.2 Å². The molecule has 1 aromatic carbocycles. The van der Waals surface area contributed by atoms with Crippen molar-refractivity contribution >= 4 is 84.5 Å². The van der Waals surface area contributed by atoms with Crippen LogP contribution in [-0.4, -0.2) is 71.8 Å². The number of nitrogens with zero attached hydrogens (tertiary/aromatic N) is 3. The smallest absolute Gasteiger partial charge is 0.258 e. The Kier molecular flexibility index (Phi) is 9.22. The second kappa shape index (κ2) is 11.9. The van der Waals surface area contributed by atoms with Gasteiger partial charge in [0.15, 0.2) is 9.84 Å². The van der Waals surface area contributed by atoms with E-state index in [-0.39, 0.29) is 22.6 Å². The van der Waals surface area contributed by atoms with E-state index >= 15 is 0 Å². The number of anilines is 2. The Morgan fingerprint density at radius 1 is 1.14 bits per heavy atom. The van der Waals surface area contributed by atoms with E-state index in [1.165, 1.54) is 23.5 Å². The Morgan fingerprint density at radius 3 is 2.41 bits per heavy atom. The Labute approximate surface area is 241 Å². The van der Waals surface area contributed by atoms with Gasteiger partial charge in [-0.25, -0.2) is 13.4 Å². The van der Waals surface area contributed by atoms with Crippen molar-refractivity contribution in [3.05, 3.63) is 32.8 Å². The van der Waals surface area contributed by atoms with E-state index in [0.29, 0.717) is 14.4 Å². The van der Waals surface area contributed by atoms with Crippen LogP contribution in [-0.2, 0) is 14.6 Å². The molecule has 2 N–H and O–H groups in total. The van der Waals surface area contributed by atoms with Crippen LogP contribution in [0.15, 0.2) is 32.8 Å². The molecule has 202 valence electrons. The standard InChI is InChI=1S/C25H34IN5O3S3/c1-14(2)37(33,34)21-19(26)20(36-24(21)35-5)23(32)27-15-10-12-16(13-11-15)28-25-29-18-9-7-6-8-17(18)22(30-25)31(3)4/h6-9,14-16,21,24H,10-13H2,1-5H3,(H,27,32)(H,28,29,30)/t15-,16+,21?,24?. The molecule has 0 radical (unpaired) electrons.